The number of nitrogens with zero attached hydrogens (tertiary/aromatic N) is 1. The molecule has 1 aliphatic carbocycles. The molecule has 0 unspecified atom stereocenters. The molecule has 0 bridgehead atoms. The zero-order valence-corrected chi connectivity index (χ0v) is 18.8. The third-order valence-corrected chi connectivity index (χ3v) is 6.98. The van der Waals surface area contributed by atoms with Gasteiger partial charge in [0.25, 0.3) is 5.91 Å². The molecule has 0 saturated carbocycles. The molecule has 2 nitrogen and oxygen atoms in total. The van der Waals surface area contributed by atoms with E-state index in [2.05, 4.69) is 80.4 Å². The second kappa shape index (κ2) is 7.58. The van der Waals surface area contributed by atoms with Gasteiger partial charge in [-0.25, -0.2) is 0 Å². The van der Waals surface area contributed by atoms with Crippen LogP contribution in [0.3, 0.4) is 0 Å². The lowest BCUT2D eigenvalue weighted by molar-refractivity contribution is 0.0961. The minimum Gasteiger partial charge on any atom is -0.300 e. The van der Waals surface area contributed by atoms with Gasteiger partial charge in [0.05, 0.1) is 6.04 Å². The average molecular weight is 509 g/mol. The first-order chi connectivity index (χ1) is 14.1. The highest BCUT2D eigenvalue weighted by Gasteiger charge is 2.44. The van der Waals surface area contributed by atoms with Gasteiger partial charge in [-0.1, -0.05) is 74.3 Å². The van der Waals surface area contributed by atoms with Crippen LogP contribution in [0.2, 0.25) is 0 Å². The SMILES string of the molecule is O=C(c1ccccc1)N1c2ccc(Br)cc2[C@@H]2C=CC[C@H]2[C@@H]1c1ccc(Br)cc1. The molecule has 0 spiro atoms. The van der Waals surface area contributed by atoms with Crippen LogP contribution in [0, 0.1) is 5.92 Å². The molecule has 1 aliphatic heterocycles. The maximum Gasteiger partial charge on any atom is 0.258 e. The second-order valence-corrected chi connectivity index (χ2v) is 9.43. The molecule has 3 aromatic rings. The van der Waals surface area contributed by atoms with E-state index in [4.69, 9.17) is 0 Å². The largest absolute Gasteiger partial charge is 0.300 e. The lowest BCUT2D eigenvalue weighted by Gasteiger charge is -2.44. The van der Waals surface area contributed by atoms with Gasteiger partial charge >= 0.3 is 0 Å². The van der Waals surface area contributed by atoms with Crippen LogP contribution in [0.4, 0.5) is 5.69 Å². The molecule has 29 heavy (non-hydrogen) atoms. The molecule has 4 heteroatoms. The molecule has 0 aromatic heterocycles. The number of carbonyl (C=O) groups excluding carboxylic acids is 1. The average Bonchev–Trinajstić information content (AvgIpc) is 3.24. The van der Waals surface area contributed by atoms with Gasteiger partial charge in [0.2, 0.25) is 0 Å². The van der Waals surface area contributed by atoms with Crippen molar-refractivity contribution < 1.29 is 4.79 Å². The number of carbonyl (C=O) groups is 1. The standard InChI is InChI=1S/C25H19Br2NO/c26-18-11-9-16(10-12-18)24-21-8-4-7-20(21)22-15-19(27)13-14-23(22)28(24)25(29)17-5-2-1-3-6-17/h1-7,9-15,20-21,24H,8H2/t20-,21-,24+/m1/s1. The highest BCUT2D eigenvalue weighted by molar-refractivity contribution is 9.10. The third kappa shape index (κ3) is 3.28. The summed E-state index contributed by atoms with van der Waals surface area (Å²) in [6.07, 6.45) is 5.55. The Bertz CT molecular complexity index is 1090. The predicted molar refractivity (Wildman–Crippen MR) is 124 cm³/mol. The summed E-state index contributed by atoms with van der Waals surface area (Å²) in [6.45, 7) is 0. The molecule has 0 N–H and O–H groups in total. The van der Waals surface area contributed by atoms with Crippen LogP contribution in [0.1, 0.15) is 39.9 Å². The summed E-state index contributed by atoms with van der Waals surface area (Å²) in [5, 5.41) is 0. The van der Waals surface area contributed by atoms with Gasteiger partial charge in [0.15, 0.2) is 0 Å². The fraction of sp³-hybridized carbons (Fsp3) is 0.160. The van der Waals surface area contributed by atoms with Crippen molar-refractivity contribution in [3.8, 4) is 0 Å². The summed E-state index contributed by atoms with van der Waals surface area (Å²) in [4.78, 5) is 15.8. The molecule has 3 atom stereocenters. The molecule has 5 rings (SSSR count). The number of anilines is 1. The molecule has 3 aromatic carbocycles. The van der Waals surface area contributed by atoms with Gasteiger partial charge in [-0.05, 0) is 65.9 Å². The number of hydrogen-bond acceptors (Lipinski definition) is 1. The van der Waals surface area contributed by atoms with Crippen molar-refractivity contribution in [1.82, 2.24) is 0 Å². The quantitative estimate of drug-likeness (QED) is 0.333. The zero-order chi connectivity index (χ0) is 20.0. The first kappa shape index (κ1) is 18.8. The van der Waals surface area contributed by atoms with Crippen LogP contribution < -0.4 is 4.90 Å². The third-order valence-electron chi connectivity index (χ3n) is 5.96. The first-order valence-electron chi connectivity index (χ1n) is 9.73. The summed E-state index contributed by atoms with van der Waals surface area (Å²) in [7, 11) is 0. The fourth-order valence-corrected chi connectivity index (χ4v) is 5.34. The van der Waals surface area contributed by atoms with Crippen LogP contribution in [0.25, 0.3) is 0 Å². The van der Waals surface area contributed by atoms with E-state index in [0.29, 0.717) is 17.4 Å². The molecular formula is C25H19Br2NO. The maximum absolute atomic E-state index is 13.8. The van der Waals surface area contributed by atoms with E-state index in [1.165, 1.54) is 11.1 Å². The number of hydrogen-bond donors (Lipinski definition) is 0. The Morgan fingerprint density at radius 2 is 1.62 bits per heavy atom. The Balaban J connectivity index is 1.71. The van der Waals surface area contributed by atoms with Crippen molar-refractivity contribution in [2.45, 2.75) is 18.4 Å². The van der Waals surface area contributed by atoms with Crippen molar-refractivity contribution in [2.75, 3.05) is 4.90 Å². The van der Waals surface area contributed by atoms with E-state index < -0.39 is 0 Å². The highest BCUT2D eigenvalue weighted by atomic mass is 79.9. The van der Waals surface area contributed by atoms with Crippen LogP contribution in [-0.2, 0) is 0 Å². The van der Waals surface area contributed by atoms with Gasteiger partial charge in [0, 0.05) is 26.1 Å². The van der Waals surface area contributed by atoms with E-state index in [0.717, 1.165) is 21.1 Å². The summed E-state index contributed by atoms with van der Waals surface area (Å²) in [5.74, 6) is 0.689. The lowest BCUT2D eigenvalue weighted by Crippen LogP contribution is -2.43. The number of halogens is 2. The van der Waals surface area contributed by atoms with E-state index in [9.17, 15) is 4.79 Å². The molecular weight excluding hydrogens is 490 g/mol. The summed E-state index contributed by atoms with van der Waals surface area (Å²) < 4.78 is 2.09. The Labute approximate surface area is 187 Å². The van der Waals surface area contributed by atoms with Crippen molar-refractivity contribution in [2.24, 2.45) is 5.92 Å². The number of allylic oxidation sites excluding steroid dienone is 2. The fourth-order valence-electron chi connectivity index (χ4n) is 4.70. The molecule has 0 saturated heterocycles. The second-order valence-electron chi connectivity index (χ2n) is 7.59. The molecule has 0 fully saturated rings. The molecule has 144 valence electrons. The van der Waals surface area contributed by atoms with E-state index >= 15 is 0 Å². The number of amides is 1. The molecule has 1 heterocycles. The van der Waals surface area contributed by atoms with Gasteiger partial charge in [0.1, 0.15) is 0 Å². The monoisotopic (exact) mass is 507 g/mol. The van der Waals surface area contributed by atoms with Crippen LogP contribution in [-0.4, -0.2) is 5.91 Å². The number of rotatable bonds is 2. The van der Waals surface area contributed by atoms with Crippen molar-refractivity contribution in [3.05, 3.63) is 111 Å². The zero-order valence-electron chi connectivity index (χ0n) is 15.6. The van der Waals surface area contributed by atoms with E-state index in [1.807, 2.05) is 41.3 Å². The van der Waals surface area contributed by atoms with E-state index in [1.54, 1.807) is 0 Å². The Kier molecular flexibility index (Phi) is 4.92. The smallest absolute Gasteiger partial charge is 0.258 e. The van der Waals surface area contributed by atoms with E-state index in [-0.39, 0.29) is 11.9 Å². The Morgan fingerprint density at radius 3 is 2.38 bits per heavy atom. The van der Waals surface area contributed by atoms with Crippen molar-refractivity contribution in [1.29, 1.82) is 0 Å². The minimum atomic E-state index is -0.00974. The normalized spacial score (nSPS) is 22.3. The lowest BCUT2D eigenvalue weighted by atomic mass is 9.75. The Hall–Kier alpha value is -2.17. The molecule has 1 amide bonds. The van der Waals surface area contributed by atoms with Gasteiger partial charge in [-0.15, -0.1) is 0 Å². The highest BCUT2D eigenvalue weighted by Crippen LogP contribution is 2.53. The minimum absolute atomic E-state index is 0.00974. The van der Waals surface area contributed by atoms with Crippen LogP contribution >= 0.6 is 31.9 Å². The Morgan fingerprint density at radius 1 is 0.897 bits per heavy atom. The summed E-state index contributed by atoms with van der Waals surface area (Å²) in [6, 6.07) is 24.3. The van der Waals surface area contributed by atoms with Gasteiger partial charge in [-0.3, -0.25) is 4.79 Å². The summed E-state index contributed by atoms with van der Waals surface area (Å²) >= 11 is 7.17. The summed E-state index contributed by atoms with van der Waals surface area (Å²) in [5.41, 5.74) is 4.11. The van der Waals surface area contributed by atoms with Gasteiger partial charge < -0.3 is 4.90 Å². The predicted octanol–water partition coefficient (Wildman–Crippen LogP) is 7.27. The van der Waals surface area contributed by atoms with Crippen LogP contribution in [0.15, 0.2) is 93.9 Å². The van der Waals surface area contributed by atoms with Crippen molar-refractivity contribution >= 4 is 43.5 Å². The van der Waals surface area contributed by atoms with Crippen LogP contribution in [0.5, 0.6) is 0 Å². The molecule has 2 aliphatic rings. The van der Waals surface area contributed by atoms with Gasteiger partial charge in [-0.2, -0.15) is 0 Å². The maximum atomic E-state index is 13.8. The topological polar surface area (TPSA) is 20.3 Å². The number of benzene rings is 3. The first-order valence-corrected chi connectivity index (χ1v) is 11.3. The number of fused-ring (bicyclic) bond motifs is 3. The van der Waals surface area contributed by atoms with Crippen molar-refractivity contribution in [3.63, 3.8) is 0 Å². The molecule has 0 radical (unpaired) electrons.